The van der Waals surface area contributed by atoms with Crippen LogP contribution in [0.15, 0.2) is 6.07 Å². The molecule has 3 heterocycles. The lowest BCUT2D eigenvalue weighted by molar-refractivity contribution is 0.167. The summed E-state index contributed by atoms with van der Waals surface area (Å²) in [4.78, 5) is 0. The van der Waals surface area contributed by atoms with Gasteiger partial charge in [0.2, 0.25) is 0 Å². The normalized spacial score (nSPS) is 27.2. The zero-order valence-corrected chi connectivity index (χ0v) is 13.9. The highest BCUT2D eigenvalue weighted by atomic mass is 16.5. The van der Waals surface area contributed by atoms with Gasteiger partial charge in [0.15, 0.2) is 0 Å². The van der Waals surface area contributed by atoms with E-state index in [-0.39, 0.29) is 0 Å². The van der Waals surface area contributed by atoms with Crippen LogP contribution in [0.5, 0.6) is 0 Å². The lowest BCUT2D eigenvalue weighted by Gasteiger charge is -2.29. The zero-order valence-electron chi connectivity index (χ0n) is 13.9. The third-order valence-electron chi connectivity index (χ3n) is 5.35. The first kappa shape index (κ1) is 14.9. The average Bonchev–Trinajstić information content (AvgIpc) is 3.05. The molecule has 1 saturated heterocycles. The maximum atomic E-state index is 5.58. The Morgan fingerprint density at radius 3 is 2.90 bits per heavy atom. The van der Waals surface area contributed by atoms with Crippen LogP contribution in [-0.4, -0.2) is 29.5 Å². The third kappa shape index (κ3) is 3.10. The summed E-state index contributed by atoms with van der Waals surface area (Å²) in [7, 11) is 0. The van der Waals surface area contributed by atoms with Crippen molar-refractivity contribution >= 4 is 5.82 Å². The van der Waals surface area contributed by atoms with Crippen LogP contribution in [0.1, 0.15) is 52.3 Å². The van der Waals surface area contributed by atoms with Crippen molar-refractivity contribution in [1.82, 2.24) is 9.78 Å². The van der Waals surface area contributed by atoms with Gasteiger partial charge in [-0.25, -0.2) is 4.68 Å². The molecule has 0 spiro atoms. The molecule has 0 amide bonds. The summed E-state index contributed by atoms with van der Waals surface area (Å²) in [5.74, 6) is 2.47. The van der Waals surface area contributed by atoms with Crippen molar-refractivity contribution in [3.8, 4) is 0 Å². The summed E-state index contributed by atoms with van der Waals surface area (Å²) in [6, 6.07) is 2.77. The number of hydrogen-bond donors (Lipinski definition) is 1. The van der Waals surface area contributed by atoms with E-state index in [1.807, 2.05) is 0 Å². The standard InChI is InChI=1S/C17H29N3O/c1-12(17(2,3)4)9-14-10-16-18-7-5-15(20(16)19-14)13-6-8-21-11-13/h10,12-13,15,18H,5-9,11H2,1-4H3. The van der Waals surface area contributed by atoms with Gasteiger partial charge in [-0.1, -0.05) is 27.7 Å². The van der Waals surface area contributed by atoms with Crippen LogP contribution < -0.4 is 5.32 Å². The van der Waals surface area contributed by atoms with Crippen LogP contribution in [0.2, 0.25) is 0 Å². The molecule has 2 aliphatic rings. The molecule has 4 nitrogen and oxygen atoms in total. The fourth-order valence-electron chi connectivity index (χ4n) is 3.31. The maximum Gasteiger partial charge on any atom is 0.124 e. The second-order valence-electron chi connectivity index (χ2n) is 7.84. The molecule has 0 saturated carbocycles. The van der Waals surface area contributed by atoms with Crippen molar-refractivity contribution in [3.05, 3.63) is 11.8 Å². The van der Waals surface area contributed by atoms with Crippen molar-refractivity contribution < 1.29 is 4.74 Å². The minimum atomic E-state index is 0.330. The van der Waals surface area contributed by atoms with E-state index in [4.69, 9.17) is 9.84 Å². The third-order valence-corrected chi connectivity index (χ3v) is 5.35. The van der Waals surface area contributed by atoms with E-state index < -0.39 is 0 Å². The highest BCUT2D eigenvalue weighted by Crippen LogP contribution is 2.35. The molecule has 4 heteroatoms. The van der Waals surface area contributed by atoms with Gasteiger partial charge in [-0.2, -0.15) is 5.10 Å². The Balaban J connectivity index is 1.77. The van der Waals surface area contributed by atoms with Crippen molar-refractivity contribution in [2.45, 2.75) is 53.0 Å². The Morgan fingerprint density at radius 2 is 2.24 bits per heavy atom. The Hall–Kier alpha value is -1.03. The van der Waals surface area contributed by atoms with E-state index in [1.54, 1.807) is 0 Å². The van der Waals surface area contributed by atoms with Crippen molar-refractivity contribution in [3.63, 3.8) is 0 Å². The summed E-state index contributed by atoms with van der Waals surface area (Å²) in [5.41, 5.74) is 1.56. The SMILES string of the molecule is CC(Cc1cc2n(n1)C(C1CCOC1)CCN2)C(C)(C)C. The summed E-state index contributed by atoms with van der Waals surface area (Å²) < 4.78 is 7.82. The summed E-state index contributed by atoms with van der Waals surface area (Å²) in [6.45, 7) is 12.1. The molecule has 3 atom stereocenters. The summed E-state index contributed by atoms with van der Waals surface area (Å²) in [6.07, 6.45) is 3.40. The van der Waals surface area contributed by atoms with Gasteiger partial charge in [-0.15, -0.1) is 0 Å². The topological polar surface area (TPSA) is 39.1 Å². The van der Waals surface area contributed by atoms with Crippen LogP contribution in [0.3, 0.4) is 0 Å². The Morgan fingerprint density at radius 1 is 1.43 bits per heavy atom. The van der Waals surface area contributed by atoms with Gasteiger partial charge >= 0.3 is 0 Å². The van der Waals surface area contributed by atoms with E-state index in [2.05, 4.69) is 43.8 Å². The highest BCUT2D eigenvalue weighted by Gasteiger charge is 2.32. The lowest BCUT2D eigenvalue weighted by Crippen LogP contribution is -2.29. The fraction of sp³-hybridized carbons (Fsp3) is 0.824. The van der Waals surface area contributed by atoms with Gasteiger partial charge in [0, 0.05) is 25.1 Å². The number of hydrogen-bond acceptors (Lipinski definition) is 3. The number of ether oxygens (including phenoxy) is 1. The van der Waals surface area contributed by atoms with E-state index in [9.17, 15) is 0 Å². The van der Waals surface area contributed by atoms with Crippen molar-refractivity contribution in [1.29, 1.82) is 0 Å². The van der Waals surface area contributed by atoms with Crippen molar-refractivity contribution in [2.24, 2.45) is 17.3 Å². The van der Waals surface area contributed by atoms with Crippen LogP contribution >= 0.6 is 0 Å². The molecule has 3 unspecified atom stereocenters. The molecule has 0 aromatic carbocycles. The first-order chi connectivity index (χ1) is 9.95. The molecule has 2 aliphatic heterocycles. The van der Waals surface area contributed by atoms with Gasteiger partial charge in [-0.3, -0.25) is 0 Å². The second-order valence-corrected chi connectivity index (χ2v) is 7.84. The molecule has 1 N–H and O–H groups in total. The van der Waals surface area contributed by atoms with E-state index in [1.165, 1.54) is 17.9 Å². The molecule has 0 bridgehead atoms. The van der Waals surface area contributed by atoms with Gasteiger partial charge in [0.25, 0.3) is 0 Å². The van der Waals surface area contributed by atoms with Gasteiger partial charge < -0.3 is 10.1 Å². The first-order valence-electron chi connectivity index (χ1n) is 8.35. The average molecular weight is 291 g/mol. The molecule has 1 fully saturated rings. The second kappa shape index (κ2) is 5.64. The first-order valence-corrected chi connectivity index (χ1v) is 8.35. The Bertz CT molecular complexity index is 483. The molecule has 1 aromatic heterocycles. The largest absolute Gasteiger partial charge is 0.381 e. The van der Waals surface area contributed by atoms with E-state index in [0.717, 1.165) is 32.6 Å². The van der Waals surface area contributed by atoms with Gasteiger partial charge in [0.1, 0.15) is 5.82 Å². The van der Waals surface area contributed by atoms with Gasteiger partial charge in [0.05, 0.1) is 18.3 Å². The minimum Gasteiger partial charge on any atom is -0.381 e. The molecular weight excluding hydrogens is 262 g/mol. The monoisotopic (exact) mass is 291 g/mol. The molecule has 0 radical (unpaired) electrons. The number of rotatable bonds is 3. The lowest BCUT2D eigenvalue weighted by atomic mass is 9.79. The van der Waals surface area contributed by atoms with Crippen molar-refractivity contribution in [2.75, 3.05) is 25.1 Å². The highest BCUT2D eigenvalue weighted by molar-refractivity contribution is 5.39. The molecule has 3 rings (SSSR count). The zero-order chi connectivity index (χ0) is 15.0. The predicted octanol–water partition coefficient (Wildman–Crippen LogP) is 3.50. The molecule has 0 aliphatic carbocycles. The molecule has 118 valence electrons. The van der Waals surface area contributed by atoms with Crippen LogP contribution in [-0.2, 0) is 11.2 Å². The van der Waals surface area contributed by atoms with E-state index in [0.29, 0.717) is 23.3 Å². The predicted molar refractivity (Wildman–Crippen MR) is 85.6 cm³/mol. The number of aromatic nitrogens is 2. The van der Waals surface area contributed by atoms with Crippen LogP contribution in [0.4, 0.5) is 5.82 Å². The fourth-order valence-corrected chi connectivity index (χ4v) is 3.31. The van der Waals surface area contributed by atoms with E-state index >= 15 is 0 Å². The van der Waals surface area contributed by atoms with Gasteiger partial charge in [-0.05, 0) is 30.6 Å². The number of fused-ring (bicyclic) bond motifs is 1. The Labute approximate surface area is 128 Å². The van der Waals surface area contributed by atoms with Crippen LogP contribution in [0, 0.1) is 17.3 Å². The molecular formula is C17H29N3O. The Kier molecular flexibility index (Phi) is 4.00. The maximum absolute atomic E-state index is 5.58. The molecule has 1 aromatic rings. The minimum absolute atomic E-state index is 0.330. The number of nitrogens with zero attached hydrogens (tertiary/aromatic N) is 2. The molecule has 21 heavy (non-hydrogen) atoms. The van der Waals surface area contributed by atoms with Crippen LogP contribution in [0.25, 0.3) is 0 Å². The summed E-state index contributed by atoms with van der Waals surface area (Å²) in [5, 5.41) is 8.44. The number of nitrogens with one attached hydrogen (secondary N) is 1. The quantitative estimate of drug-likeness (QED) is 0.926. The summed E-state index contributed by atoms with van der Waals surface area (Å²) >= 11 is 0. The number of anilines is 1. The smallest absolute Gasteiger partial charge is 0.124 e.